The summed E-state index contributed by atoms with van der Waals surface area (Å²) in [6.45, 7) is 13.1. The second kappa shape index (κ2) is 43.6. The van der Waals surface area contributed by atoms with E-state index >= 15 is 0 Å². The molecule has 0 heterocycles. The fourth-order valence-corrected chi connectivity index (χ4v) is 7.79. The molecule has 0 bridgehead atoms. The number of nitrogens with one attached hydrogen (secondary N) is 3. The van der Waals surface area contributed by atoms with Crippen LogP contribution in [-0.4, -0.2) is 38.0 Å². The van der Waals surface area contributed by atoms with Crippen LogP contribution in [0.3, 0.4) is 0 Å². The standard InChI is InChI=1S/C48H97N3O2/c1-5-9-13-17-23-31-39-45(37-29-15-11-7-3)47(52)50-43-35-27-21-19-25-33-41-49-42-34-26-20-22-28-36-44-51-48(53)46(38-30-16-12-8-4)40-32-24-18-14-10-6-2/h45-46,49H,5-44H2,1-4H3,(H,50,52)(H,51,53). The van der Waals surface area contributed by atoms with Gasteiger partial charge in [0.15, 0.2) is 0 Å². The Balaban J connectivity index is 3.75. The Hall–Kier alpha value is -1.10. The van der Waals surface area contributed by atoms with E-state index in [1.165, 1.54) is 193 Å². The lowest BCUT2D eigenvalue weighted by molar-refractivity contribution is -0.126. The highest BCUT2D eigenvalue weighted by Crippen LogP contribution is 2.21. The molecule has 0 aliphatic heterocycles. The second-order valence-electron chi connectivity index (χ2n) is 16.8. The quantitative estimate of drug-likeness (QED) is 0.0544. The molecule has 53 heavy (non-hydrogen) atoms. The highest BCUT2D eigenvalue weighted by atomic mass is 16.2. The summed E-state index contributed by atoms with van der Waals surface area (Å²) in [7, 11) is 0. The third-order valence-electron chi connectivity index (χ3n) is 11.5. The number of rotatable bonds is 44. The van der Waals surface area contributed by atoms with Crippen molar-refractivity contribution in [3.63, 3.8) is 0 Å². The van der Waals surface area contributed by atoms with E-state index in [-0.39, 0.29) is 11.8 Å². The molecule has 0 aliphatic rings. The van der Waals surface area contributed by atoms with Gasteiger partial charge in [0.25, 0.3) is 0 Å². The van der Waals surface area contributed by atoms with Gasteiger partial charge in [0, 0.05) is 24.9 Å². The number of amides is 2. The summed E-state index contributed by atoms with van der Waals surface area (Å²) >= 11 is 0. The molecule has 316 valence electrons. The maximum atomic E-state index is 12.9. The van der Waals surface area contributed by atoms with E-state index in [4.69, 9.17) is 0 Å². The lowest BCUT2D eigenvalue weighted by Gasteiger charge is -2.17. The van der Waals surface area contributed by atoms with Crippen molar-refractivity contribution in [3.8, 4) is 0 Å². The van der Waals surface area contributed by atoms with E-state index in [0.29, 0.717) is 11.8 Å². The predicted molar refractivity (Wildman–Crippen MR) is 235 cm³/mol. The first-order valence-electron chi connectivity index (χ1n) is 24.4. The molecule has 5 heteroatoms. The summed E-state index contributed by atoms with van der Waals surface area (Å²) in [6, 6.07) is 0. The first kappa shape index (κ1) is 51.9. The third-order valence-corrected chi connectivity index (χ3v) is 11.5. The van der Waals surface area contributed by atoms with Crippen LogP contribution >= 0.6 is 0 Å². The zero-order valence-corrected chi connectivity index (χ0v) is 36.8. The zero-order valence-electron chi connectivity index (χ0n) is 36.8. The minimum atomic E-state index is 0.235. The molecule has 0 radical (unpaired) electrons. The molecule has 5 nitrogen and oxygen atoms in total. The van der Waals surface area contributed by atoms with Crippen molar-refractivity contribution in [3.05, 3.63) is 0 Å². The number of carbonyl (C=O) groups is 2. The van der Waals surface area contributed by atoms with Gasteiger partial charge in [-0.05, 0) is 64.5 Å². The molecule has 0 saturated carbocycles. The molecule has 0 aromatic rings. The molecule has 0 aliphatic carbocycles. The highest BCUT2D eigenvalue weighted by Gasteiger charge is 2.18. The Morgan fingerprint density at radius 1 is 0.302 bits per heavy atom. The van der Waals surface area contributed by atoms with Crippen LogP contribution in [-0.2, 0) is 9.59 Å². The SMILES string of the molecule is CCCCCCCCC(CCCCCC)C(=O)NCCCCCCCCNCCCCCCCCNC(=O)C(CCCCCC)CCCCCCCC. The van der Waals surface area contributed by atoms with E-state index in [9.17, 15) is 9.59 Å². The lowest BCUT2D eigenvalue weighted by atomic mass is 9.93. The van der Waals surface area contributed by atoms with E-state index in [0.717, 1.165) is 64.7 Å². The van der Waals surface area contributed by atoms with Gasteiger partial charge in [-0.25, -0.2) is 0 Å². The Labute approximate surface area is 333 Å². The van der Waals surface area contributed by atoms with Crippen LogP contribution in [0.1, 0.15) is 259 Å². The van der Waals surface area contributed by atoms with Gasteiger partial charge in [0.1, 0.15) is 0 Å². The average Bonchev–Trinajstić information content (AvgIpc) is 3.16. The van der Waals surface area contributed by atoms with Crippen LogP contribution in [0.25, 0.3) is 0 Å². The maximum Gasteiger partial charge on any atom is 0.223 e. The highest BCUT2D eigenvalue weighted by molar-refractivity contribution is 5.78. The van der Waals surface area contributed by atoms with Crippen molar-refractivity contribution >= 4 is 11.8 Å². The minimum Gasteiger partial charge on any atom is -0.356 e. The third kappa shape index (κ3) is 37.6. The monoisotopic (exact) mass is 748 g/mol. The lowest BCUT2D eigenvalue weighted by Crippen LogP contribution is -2.31. The van der Waals surface area contributed by atoms with Gasteiger partial charge in [-0.1, -0.05) is 207 Å². The summed E-state index contributed by atoms with van der Waals surface area (Å²) in [5, 5.41) is 10.3. The first-order chi connectivity index (χ1) is 26.1. The molecular weight excluding hydrogens is 651 g/mol. The van der Waals surface area contributed by atoms with Gasteiger partial charge >= 0.3 is 0 Å². The number of hydrogen-bond acceptors (Lipinski definition) is 3. The van der Waals surface area contributed by atoms with Crippen LogP contribution in [0.2, 0.25) is 0 Å². The van der Waals surface area contributed by atoms with Gasteiger partial charge < -0.3 is 16.0 Å². The Morgan fingerprint density at radius 2 is 0.528 bits per heavy atom. The smallest absolute Gasteiger partial charge is 0.223 e. The molecule has 0 fully saturated rings. The van der Waals surface area contributed by atoms with Crippen LogP contribution in [0, 0.1) is 11.8 Å². The van der Waals surface area contributed by atoms with Gasteiger partial charge in [0.05, 0.1) is 0 Å². The predicted octanol–water partition coefficient (Wildman–Crippen LogP) is 14.2. The molecular formula is C48H97N3O2. The molecule has 2 amide bonds. The van der Waals surface area contributed by atoms with Crippen molar-refractivity contribution in [2.75, 3.05) is 26.2 Å². The Bertz CT molecular complexity index is 684. The molecule has 0 spiro atoms. The molecule has 0 saturated heterocycles. The van der Waals surface area contributed by atoms with Crippen LogP contribution in [0.15, 0.2) is 0 Å². The largest absolute Gasteiger partial charge is 0.356 e. The van der Waals surface area contributed by atoms with Gasteiger partial charge in [-0.15, -0.1) is 0 Å². The van der Waals surface area contributed by atoms with Crippen molar-refractivity contribution in [2.45, 2.75) is 259 Å². The van der Waals surface area contributed by atoms with Crippen LogP contribution in [0.4, 0.5) is 0 Å². The summed E-state index contributed by atoms with van der Waals surface area (Å²) in [5.74, 6) is 1.13. The van der Waals surface area contributed by atoms with Gasteiger partial charge in [-0.2, -0.15) is 0 Å². The zero-order chi connectivity index (χ0) is 38.7. The Kier molecular flexibility index (Phi) is 42.7. The fraction of sp³-hybridized carbons (Fsp3) is 0.958. The molecule has 0 aromatic heterocycles. The van der Waals surface area contributed by atoms with Crippen molar-refractivity contribution in [2.24, 2.45) is 11.8 Å². The van der Waals surface area contributed by atoms with Crippen LogP contribution < -0.4 is 16.0 Å². The Morgan fingerprint density at radius 3 is 0.830 bits per heavy atom. The summed E-state index contributed by atoms with van der Waals surface area (Å²) in [5.41, 5.74) is 0. The maximum absolute atomic E-state index is 12.9. The van der Waals surface area contributed by atoms with E-state index in [1.54, 1.807) is 0 Å². The minimum absolute atomic E-state index is 0.235. The van der Waals surface area contributed by atoms with Crippen molar-refractivity contribution in [1.82, 2.24) is 16.0 Å². The molecule has 3 N–H and O–H groups in total. The van der Waals surface area contributed by atoms with Crippen molar-refractivity contribution < 1.29 is 9.59 Å². The average molecular weight is 748 g/mol. The molecule has 2 unspecified atom stereocenters. The summed E-state index contributed by atoms with van der Waals surface area (Å²) < 4.78 is 0. The molecule has 2 atom stereocenters. The van der Waals surface area contributed by atoms with Crippen molar-refractivity contribution in [1.29, 1.82) is 0 Å². The topological polar surface area (TPSA) is 70.2 Å². The second-order valence-corrected chi connectivity index (χ2v) is 16.8. The number of carbonyl (C=O) groups excluding carboxylic acids is 2. The first-order valence-corrected chi connectivity index (χ1v) is 24.4. The normalized spacial score (nSPS) is 12.6. The molecule has 0 rings (SSSR count). The fourth-order valence-electron chi connectivity index (χ4n) is 7.79. The van der Waals surface area contributed by atoms with Crippen LogP contribution in [0.5, 0.6) is 0 Å². The number of hydrogen-bond donors (Lipinski definition) is 3. The number of unbranched alkanes of at least 4 members (excludes halogenated alkanes) is 26. The van der Waals surface area contributed by atoms with Gasteiger partial charge in [0.2, 0.25) is 11.8 Å². The summed E-state index contributed by atoms with van der Waals surface area (Å²) in [4.78, 5) is 25.9. The molecule has 0 aromatic carbocycles. The van der Waals surface area contributed by atoms with E-state index in [2.05, 4.69) is 43.6 Å². The summed E-state index contributed by atoms with van der Waals surface area (Å²) in [6.07, 6.45) is 45.2. The van der Waals surface area contributed by atoms with E-state index < -0.39 is 0 Å². The van der Waals surface area contributed by atoms with Gasteiger partial charge in [-0.3, -0.25) is 9.59 Å². The van der Waals surface area contributed by atoms with E-state index in [1.807, 2.05) is 0 Å².